The van der Waals surface area contributed by atoms with Gasteiger partial charge in [-0.05, 0) is 56.8 Å². The van der Waals surface area contributed by atoms with Crippen LogP contribution in [0.3, 0.4) is 0 Å². The molecule has 4 nitrogen and oxygen atoms in total. The number of nitrogens with zero attached hydrogens (tertiary/aromatic N) is 1. The van der Waals surface area contributed by atoms with Crippen LogP contribution in [0, 0.1) is 5.92 Å². The van der Waals surface area contributed by atoms with Gasteiger partial charge >= 0.3 is 0 Å². The third-order valence-electron chi connectivity index (χ3n) is 4.76. The van der Waals surface area contributed by atoms with E-state index in [1.807, 2.05) is 12.1 Å². The Morgan fingerprint density at radius 1 is 1.36 bits per heavy atom. The first-order valence-corrected chi connectivity index (χ1v) is 8.54. The fourth-order valence-corrected chi connectivity index (χ4v) is 3.51. The number of hydrogen-bond donors (Lipinski definition) is 1. The van der Waals surface area contributed by atoms with E-state index in [0.717, 1.165) is 31.7 Å². The maximum absolute atomic E-state index is 12.2. The summed E-state index contributed by atoms with van der Waals surface area (Å²) in [7, 11) is 0. The topological polar surface area (TPSA) is 45.5 Å². The molecule has 4 heteroatoms. The van der Waals surface area contributed by atoms with Crippen molar-refractivity contribution in [2.24, 2.45) is 5.92 Å². The van der Waals surface area contributed by atoms with Crippen molar-refractivity contribution in [3.63, 3.8) is 0 Å². The maximum atomic E-state index is 12.2. The third-order valence-corrected chi connectivity index (χ3v) is 4.76. The number of carbonyl (C=O) groups is 1. The Balaban J connectivity index is 1.55. The van der Waals surface area contributed by atoms with E-state index < -0.39 is 0 Å². The number of rotatable bonds is 6. The molecule has 2 atom stereocenters. The van der Waals surface area contributed by atoms with Gasteiger partial charge in [-0.25, -0.2) is 0 Å². The first-order chi connectivity index (χ1) is 10.8. The van der Waals surface area contributed by atoms with E-state index in [9.17, 15) is 4.79 Å². The van der Waals surface area contributed by atoms with Gasteiger partial charge in [-0.3, -0.25) is 9.69 Å². The molecule has 0 aromatic carbocycles. The first kappa shape index (κ1) is 15.3. The fraction of sp³-hybridized carbons (Fsp3) is 0.611. The lowest BCUT2D eigenvalue weighted by molar-refractivity contribution is -0.122. The van der Waals surface area contributed by atoms with Gasteiger partial charge in [0.15, 0.2) is 0 Å². The highest BCUT2D eigenvalue weighted by Gasteiger charge is 2.25. The van der Waals surface area contributed by atoms with Crippen molar-refractivity contribution < 1.29 is 9.21 Å². The molecule has 1 aromatic rings. The van der Waals surface area contributed by atoms with Crippen molar-refractivity contribution in [2.75, 3.05) is 19.6 Å². The number of carbonyl (C=O) groups excluding carboxylic acids is 1. The SMILES string of the molecule is O=C(CC1C=CCC1)NCC(c1ccco1)N1CCCCC1. The molecule has 1 aliphatic heterocycles. The van der Waals surface area contributed by atoms with Crippen molar-refractivity contribution in [1.82, 2.24) is 10.2 Å². The summed E-state index contributed by atoms with van der Waals surface area (Å²) in [5, 5.41) is 3.12. The van der Waals surface area contributed by atoms with Gasteiger partial charge in [0.25, 0.3) is 0 Å². The van der Waals surface area contributed by atoms with Gasteiger partial charge in [-0.2, -0.15) is 0 Å². The number of nitrogens with one attached hydrogen (secondary N) is 1. The van der Waals surface area contributed by atoms with Crippen LogP contribution in [0.15, 0.2) is 35.0 Å². The standard InChI is InChI=1S/C18H26N2O2/c21-18(13-15-7-2-3-8-15)19-14-16(17-9-6-12-22-17)20-10-4-1-5-11-20/h2,6-7,9,12,15-16H,1,3-5,8,10-11,13-14H2,(H,19,21). The van der Waals surface area contributed by atoms with Crippen LogP contribution in [-0.2, 0) is 4.79 Å². The molecule has 2 aliphatic rings. The molecule has 2 unspecified atom stereocenters. The zero-order valence-electron chi connectivity index (χ0n) is 13.2. The lowest BCUT2D eigenvalue weighted by atomic mass is 10.0. The summed E-state index contributed by atoms with van der Waals surface area (Å²) < 4.78 is 5.61. The van der Waals surface area contributed by atoms with Crippen LogP contribution in [-0.4, -0.2) is 30.4 Å². The Labute approximate surface area is 132 Å². The minimum absolute atomic E-state index is 0.158. The normalized spacial score (nSPS) is 23.5. The minimum Gasteiger partial charge on any atom is -0.468 e. The Hall–Kier alpha value is -1.55. The predicted octanol–water partition coefficient (Wildman–Crippen LogP) is 3.28. The van der Waals surface area contributed by atoms with Gasteiger partial charge in [0.05, 0.1) is 12.3 Å². The highest BCUT2D eigenvalue weighted by Crippen LogP contribution is 2.25. The second-order valence-corrected chi connectivity index (χ2v) is 6.40. The van der Waals surface area contributed by atoms with Crippen LogP contribution in [0.25, 0.3) is 0 Å². The lowest BCUT2D eigenvalue weighted by Gasteiger charge is -2.33. The number of likely N-dealkylation sites (tertiary alicyclic amines) is 1. The molecule has 1 N–H and O–H groups in total. The van der Waals surface area contributed by atoms with Crippen molar-refractivity contribution in [3.8, 4) is 0 Å². The summed E-state index contributed by atoms with van der Waals surface area (Å²) in [5.74, 6) is 1.55. The molecular formula is C18H26N2O2. The Bertz CT molecular complexity index is 489. The smallest absolute Gasteiger partial charge is 0.220 e. The van der Waals surface area contributed by atoms with Crippen molar-refractivity contribution >= 4 is 5.91 Å². The van der Waals surface area contributed by atoms with Gasteiger partial charge in [0.1, 0.15) is 5.76 Å². The number of amides is 1. The highest BCUT2D eigenvalue weighted by atomic mass is 16.3. The molecule has 3 rings (SSSR count). The summed E-state index contributed by atoms with van der Waals surface area (Å²) in [6.07, 6.45) is 12.7. The predicted molar refractivity (Wildman–Crippen MR) is 86.4 cm³/mol. The van der Waals surface area contributed by atoms with Crippen LogP contribution in [0.5, 0.6) is 0 Å². The van der Waals surface area contributed by atoms with Crippen LogP contribution in [0.2, 0.25) is 0 Å². The van der Waals surface area contributed by atoms with Gasteiger partial charge in [0, 0.05) is 13.0 Å². The molecule has 1 aliphatic carbocycles. The summed E-state index contributed by atoms with van der Waals surface area (Å²) in [5.41, 5.74) is 0. The molecular weight excluding hydrogens is 276 g/mol. The van der Waals surface area contributed by atoms with Gasteiger partial charge in [0.2, 0.25) is 5.91 Å². The molecule has 2 heterocycles. The summed E-state index contributed by atoms with van der Waals surface area (Å²) in [6, 6.07) is 4.11. The molecule has 22 heavy (non-hydrogen) atoms. The Morgan fingerprint density at radius 2 is 2.23 bits per heavy atom. The second kappa shape index (κ2) is 7.63. The van der Waals surface area contributed by atoms with E-state index in [2.05, 4.69) is 22.4 Å². The van der Waals surface area contributed by atoms with E-state index in [1.165, 1.54) is 19.3 Å². The molecule has 120 valence electrons. The average Bonchev–Trinajstić information content (AvgIpc) is 3.22. The molecule has 1 fully saturated rings. The summed E-state index contributed by atoms with van der Waals surface area (Å²) in [4.78, 5) is 14.6. The molecule has 1 amide bonds. The van der Waals surface area contributed by atoms with Crippen LogP contribution < -0.4 is 5.32 Å². The van der Waals surface area contributed by atoms with E-state index in [-0.39, 0.29) is 11.9 Å². The van der Waals surface area contributed by atoms with Crippen LogP contribution in [0.1, 0.15) is 50.3 Å². The minimum atomic E-state index is 0.158. The summed E-state index contributed by atoms with van der Waals surface area (Å²) >= 11 is 0. The van der Waals surface area contributed by atoms with Gasteiger partial charge in [-0.1, -0.05) is 18.6 Å². The Kier molecular flexibility index (Phi) is 5.33. The van der Waals surface area contributed by atoms with Crippen molar-refractivity contribution in [1.29, 1.82) is 0 Å². The molecule has 0 saturated carbocycles. The quantitative estimate of drug-likeness (QED) is 0.820. The number of hydrogen-bond acceptors (Lipinski definition) is 3. The van der Waals surface area contributed by atoms with Crippen molar-refractivity contribution in [3.05, 3.63) is 36.3 Å². The average molecular weight is 302 g/mol. The number of furan rings is 1. The fourth-order valence-electron chi connectivity index (χ4n) is 3.51. The zero-order valence-corrected chi connectivity index (χ0v) is 13.2. The van der Waals surface area contributed by atoms with Gasteiger partial charge < -0.3 is 9.73 Å². The molecule has 0 radical (unpaired) electrons. The first-order valence-electron chi connectivity index (χ1n) is 8.54. The molecule has 1 aromatic heterocycles. The monoisotopic (exact) mass is 302 g/mol. The molecule has 0 bridgehead atoms. The Morgan fingerprint density at radius 3 is 2.91 bits per heavy atom. The number of piperidine rings is 1. The summed E-state index contributed by atoms with van der Waals surface area (Å²) in [6.45, 7) is 2.82. The largest absolute Gasteiger partial charge is 0.468 e. The maximum Gasteiger partial charge on any atom is 0.220 e. The van der Waals surface area contributed by atoms with Gasteiger partial charge in [-0.15, -0.1) is 0 Å². The molecule has 1 saturated heterocycles. The third kappa shape index (κ3) is 4.01. The number of allylic oxidation sites excluding steroid dienone is 2. The van der Waals surface area contributed by atoms with E-state index in [0.29, 0.717) is 18.9 Å². The second-order valence-electron chi connectivity index (χ2n) is 6.40. The molecule has 0 spiro atoms. The van der Waals surface area contributed by atoms with E-state index in [1.54, 1.807) is 6.26 Å². The van der Waals surface area contributed by atoms with Crippen molar-refractivity contribution in [2.45, 2.75) is 44.6 Å². The zero-order chi connectivity index (χ0) is 15.2. The van der Waals surface area contributed by atoms with E-state index in [4.69, 9.17) is 4.42 Å². The highest BCUT2D eigenvalue weighted by molar-refractivity contribution is 5.76. The van der Waals surface area contributed by atoms with Crippen LogP contribution >= 0.6 is 0 Å². The lowest BCUT2D eigenvalue weighted by Crippen LogP contribution is -2.40. The van der Waals surface area contributed by atoms with Crippen LogP contribution in [0.4, 0.5) is 0 Å². The van der Waals surface area contributed by atoms with E-state index >= 15 is 0 Å².